The van der Waals surface area contributed by atoms with Gasteiger partial charge in [0.1, 0.15) is 5.75 Å². The van der Waals surface area contributed by atoms with E-state index in [2.05, 4.69) is 9.98 Å². The van der Waals surface area contributed by atoms with Crippen molar-refractivity contribution in [3.63, 3.8) is 0 Å². The number of rotatable bonds is 9. The number of ether oxygens (including phenoxy) is 2. The number of benzene rings is 2. The summed E-state index contributed by atoms with van der Waals surface area (Å²) < 4.78 is 12.8. The van der Waals surface area contributed by atoms with Gasteiger partial charge in [0.2, 0.25) is 5.62 Å². The summed E-state index contributed by atoms with van der Waals surface area (Å²) in [7, 11) is 1.27. The number of aromatic amines is 1. The van der Waals surface area contributed by atoms with Gasteiger partial charge in [-0.3, -0.25) is 14.3 Å². The second-order valence-corrected chi connectivity index (χ2v) is 8.67. The maximum atomic E-state index is 13.5. The normalized spacial score (nSPS) is 12.8. The Morgan fingerprint density at radius 2 is 1.69 bits per heavy atom. The summed E-state index contributed by atoms with van der Waals surface area (Å²) in [6.45, 7) is 7.46. The van der Waals surface area contributed by atoms with Crippen LogP contribution >= 0.6 is 0 Å². The maximum absolute atomic E-state index is 13.5. The van der Waals surface area contributed by atoms with Crippen molar-refractivity contribution in [2.24, 2.45) is 10.9 Å². The summed E-state index contributed by atoms with van der Waals surface area (Å²) >= 11 is 0. The van der Waals surface area contributed by atoms with Crippen molar-refractivity contribution in [1.29, 1.82) is 0 Å². The number of esters is 1. The SMILES string of the molecule is C/C=C\c1ccc(Cn2c(=O)n(C[C@H](C)C(=O)OC)c(=O)[nH]/c2=N\c2ccc(OC(C)C)cc2)cc1. The highest BCUT2D eigenvalue weighted by Crippen LogP contribution is 2.18. The van der Waals surface area contributed by atoms with Gasteiger partial charge in [-0.15, -0.1) is 0 Å². The van der Waals surface area contributed by atoms with Crippen molar-refractivity contribution in [3.05, 3.63) is 92.3 Å². The van der Waals surface area contributed by atoms with Crippen LogP contribution in [-0.2, 0) is 22.6 Å². The lowest BCUT2D eigenvalue weighted by Gasteiger charge is -2.14. The van der Waals surface area contributed by atoms with Gasteiger partial charge in [0, 0.05) is 6.54 Å². The smallest absolute Gasteiger partial charge is 0.335 e. The summed E-state index contributed by atoms with van der Waals surface area (Å²) in [4.78, 5) is 45.5. The number of carbonyl (C=O) groups is 1. The van der Waals surface area contributed by atoms with Gasteiger partial charge in [0.25, 0.3) is 0 Å². The Hall–Kier alpha value is -4.14. The first-order chi connectivity index (χ1) is 17.2. The van der Waals surface area contributed by atoms with Crippen LogP contribution < -0.4 is 21.7 Å². The number of nitrogens with zero attached hydrogens (tertiary/aromatic N) is 3. The molecule has 1 atom stereocenters. The van der Waals surface area contributed by atoms with Crippen LogP contribution in [0.2, 0.25) is 0 Å². The predicted molar refractivity (Wildman–Crippen MR) is 138 cm³/mol. The van der Waals surface area contributed by atoms with Crippen LogP contribution in [0, 0.1) is 5.92 Å². The molecular weight excluding hydrogens is 460 g/mol. The summed E-state index contributed by atoms with van der Waals surface area (Å²) in [5, 5.41) is 0. The highest BCUT2D eigenvalue weighted by atomic mass is 16.5. The van der Waals surface area contributed by atoms with Crippen LogP contribution in [0.25, 0.3) is 6.08 Å². The van der Waals surface area contributed by atoms with Crippen LogP contribution in [0.5, 0.6) is 5.75 Å². The van der Waals surface area contributed by atoms with E-state index in [-0.39, 0.29) is 24.8 Å². The lowest BCUT2D eigenvalue weighted by atomic mass is 10.1. The Balaban J connectivity index is 2.10. The van der Waals surface area contributed by atoms with Gasteiger partial charge in [0.15, 0.2) is 0 Å². The molecule has 3 rings (SSSR count). The molecule has 0 aliphatic rings. The fraction of sp³-hybridized carbons (Fsp3) is 0.333. The van der Waals surface area contributed by atoms with E-state index in [9.17, 15) is 14.4 Å². The number of carbonyl (C=O) groups excluding carboxylic acids is 1. The molecule has 36 heavy (non-hydrogen) atoms. The quantitative estimate of drug-likeness (QED) is 0.462. The molecule has 190 valence electrons. The first kappa shape index (κ1) is 26.5. The number of H-pyrrole nitrogens is 1. The average molecular weight is 493 g/mol. The standard InChI is InChI=1S/C27H32N4O5/c1-6-7-20-8-10-21(11-9-20)17-30-25(28-22-12-14-23(15-13-22)36-18(2)3)29-26(33)31(27(30)34)16-19(4)24(32)35-5/h6-15,18-19H,16-17H2,1-5H3,(H,28,29,33)/b7-6-/t19-/m0/s1. The summed E-state index contributed by atoms with van der Waals surface area (Å²) in [5.74, 6) is -0.498. The van der Waals surface area contributed by atoms with Gasteiger partial charge in [0.05, 0.1) is 31.4 Å². The number of allylic oxidation sites excluding steroid dienone is 1. The van der Waals surface area contributed by atoms with Crippen molar-refractivity contribution in [2.45, 2.75) is 46.9 Å². The first-order valence-electron chi connectivity index (χ1n) is 11.8. The molecule has 0 amide bonds. The van der Waals surface area contributed by atoms with Crippen molar-refractivity contribution >= 4 is 17.7 Å². The lowest BCUT2D eigenvalue weighted by molar-refractivity contribution is -0.145. The Kier molecular flexibility index (Phi) is 8.83. The lowest BCUT2D eigenvalue weighted by Crippen LogP contribution is -2.51. The minimum atomic E-state index is -0.682. The van der Waals surface area contributed by atoms with E-state index in [0.29, 0.717) is 11.4 Å². The number of hydrogen-bond acceptors (Lipinski definition) is 6. The summed E-state index contributed by atoms with van der Waals surface area (Å²) in [6.07, 6.45) is 3.96. The Morgan fingerprint density at radius 3 is 2.28 bits per heavy atom. The molecule has 0 spiro atoms. The topological polar surface area (TPSA) is 108 Å². The molecule has 2 aromatic carbocycles. The molecule has 0 radical (unpaired) electrons. The Morgan fingerprint density at radius 1 is 1.03 bits per heavy atom. The molecule has 1 aromatic heterocycles. The molecule has 0 saturated carbocycles. The van der Waals surface area contributed by atoms with E-state index in [4.69, 9.17) is 9.47 Å². The second-order valence-electron chi connectivity index (χ2n) is 8.67. The largest absolute Gasteiger partial charge is 0.491 e. The molecule has 0 fully saturated rings. The zero-order valence-electron chi connectivity index (χ0n) is 21.2. The number of methoxy groups -OCH3 is 1. The second kappa shape index (κ2) is 12.0. The molecular formula is C27H32N4O5. The molecule has 9 heteroatoms. The van der Waals surface area contributed by atoms with Crippen molar-refractivity contribution < 1.29 is 14.3 Å². The molecule has 3 aromatic rings. The van der Waals surface area contributed by atoms with E-state index in [1.807, 2.05) is 57.2 Å². The molecule has 0 bridgehead atoms. The van der Waals surface area contributed by atoms with Gasteiger partial charge in [-0.2, -0.15) is 0 Å². The zero-order chi connectivity index (χ0) is 26.2. The fourth-order valence-corrected chi connectivity index (χ4v) is 3.60. The van der Waals surface area contributed by atoms with Crippen LogP contribution in [0.4, 0.5) is 5.69 Å². The van der Waals surface area contributed by atoms with Gasteiger partial charge in [-0.25, -0.2) is 19.1 Å². The zero-order valence-corrected chi connectivity index (χ0v) is 21.2. The van der Waals surface area contributed by atoms with Crippen LogP contribution in [0.15, 0.2) is 69.2 Å². The summed E-state index contributed by atoms with van der Waals surface area (Å²) in [5.41, 5.74) is 1.29. The van der Waals surface area contributed by atoms with Gasteiger partial charge in [-0.1, -0.05) is 43.3 Å². The Labute approximate surface area is 209 Å². The third-order valence-electron chi connectivity index (χ3n) is 5.36. The van der Waals surface area contributed by atoms with E-state index in [1.54, 1.807) is 31.2 Å². The molecule has 0 unspecified atom stereocenters. The molecule has 0 saturated heterocycles. The third kappa shape index (κ3) is 6.71. The summed E-state index contributed by atoms with van der Waals surface area (Å²) in [6, 6.07) is 14.8. The third-order valence-corrected chi connectivity index (χ3v) is 5.36. The number of hydrogen-bond donors (Lipinski definition) is 1. The minimum absolute atomic E-state index is 0.0329. The maximum Gasteiger partial charge on any atom is 0.335 e. The average Bonchev–Trinajstić information content (AvgIpc) is 2.85. The monoisotopic (exact) mass is 492 g/mol. The minimum Gasteiger partial charge on any atom is -0.491 e. The number of nitrogens with one attached hydrogen (secondary N) is 1. The van der Waals surface area contributed by atoms with E-state index in [0.717, 1.165) is 15.7 Å². The van der Waals surface area contributed by atoms with Crippen LogP contribution in [0.1, 0.15) is 38.8 Å². The first-order valence-corrected chi connectivity index (χ1v) is 11.8. The van der Waals surface area contributed by atoms with Gasteiger partial charge < -0.3 is 9.47 Å². The van der Waals surface area contributed by atoms with Crippen molar-refractivity contribution in [2.75, 3.05) is 7.11 Å². The van der Waals surface area contributed by atoms with Crippen molar-refractivity contribution in [1.82, 2.24) is 14.1 Å². The highest BCUT2D eigenvalue weighted by Gasteiger charge is 2.18. The van der Waals surface area contributed by atoms with E-state index >= 15 is 0 Å². The van der Waals surface area contributed by atoms with E-state index in [1.165, 1.54) is 11.7 Å². The molecule has 1 heterocycles. The molecule has 9 nitrogen and oxygen atoms in total. The number of aromatic nitrogens is 3. The van der Waals surface area contributed by atoms with Crippen LogP contribution in [0.3, 0.4) is 0 Å². The van der Waals surface area contributed by atoms with Gasteiger partial charge >= 0.3 is 17.3 Å². The predicted octanol–water partition coefficient (Wildman–Crippen LogP) is 3.25. The molecule has 0 aliphatic carbocycles. The molecule has 1 N–H and O–H groups in total. The van der Waals surface area contributed by atoms with Gasteiger partial charge in [-0.05, 0) is 56.2 Å². The van der Waals surface area contributed by atoms with E-state index < -0.39 is 23.3 Å². The highest BCUT2D eigenvalue weighted by molar-refractivity contribution is 5.71. The van der Waals surface area contributed by atoms with Crippen molar-refractivity contribution in [3.8, 4) is 5.75 Å². The Bertz CT molecular complexity index is 1390. The fourth-order valence-electron chi connectivity index (χ4n) is 3.60. The molecule has 0 aliphatic heterocycles. The van der Waals surface area contributed by atoms with Crippen LogP contribution in [-0.4, -0.2) is 33.3 Å².